The molecule has 0 saturated carbocycles. The Kier molecular flexibility index (Phi) is 7.09. The van der Waals surface area contributed by atoms with E-state index in [4.69, 9.17) is 4.79 Å². The third-order valence-electron chi connectivity index (χ3n) is 2.16. The number of nitrogens with zero attached hydrogens (tertiary/aromatic N) is 2. The molecule has 9 heteroatoms. The van der Waals surface area contributed by atoms with Gasteiger partial charge in [-0.15, -0.1) is 0 Å². The van der Waals surface area contributed by atoms with Gasteiger partial charge in [-0.05, 0) is 25.4 Å². The van der Waals surface area contributed by atoms with Gasteiger partial charge in [0.15, 0.2) is 5.82 Å². The molecular formula is C13H17N3O4S2. The van der Waals surface area contributed by atoms with E-state index in [0.717, 1.165) is 17.1 Å². The van der Waals surface area contributed by atoms with E-state index < -0.39 is 10.0 Å². The van der Waals surface area contributed by atoms with Gasteiger partial charge in [0, 0.05) is 11.6 Å². The molecule has 0 aliphatic rings. The summed E-state index contributed by atoms with van der Waals surface area (Å²) < 4.78 is 34.2. The van der Waals surface area contributed by atoms with Crippen LogP contribution in [0.5, 0.6) is 0 Å². The van der Waals surface area contributed by atoms with Gasteiger partial charge in [0.2, 0.25) is 4.34 Å². The number of hydrogen-bond acceptors (Lipinski definition) is 7. The fraction of sp³-hybridized carbons (Fsp3) is 0.308. The van der Waals surface area contributed by atoms with E-state index in [2.05, 4.69) is 18.8 Å². The first kappa shape index (κ1) is 18.2. The fourth-order valence-corrected chi connectivity index (χ4v) is 3.40. The summed E-state index contributed by atoms with van der Waals surface area (Å²) in [6, 6.07) is 9.11. The topological polar surface area (TPSA) is 98.2 Å². The van der Waals surface area contributed by atoms with Gasteiger partial charge in [0.25, 0.3) is 16.5 Å². The molecule has 1 aromatic carbocycles. The van der Waals surface area contributed by atoms with Crippen LogP contribution >= 0.6 is 11.5 Å². The maximum Gasteiger partial charge on any atom is 0.292 e. The molecule has 0 saturated heterocycles. The van der Waals surface area contributed by atoms with Gasteiger partial charge < -0.3 is 4.74 Å². The molecule has 1 heterocycles. The van der Waals surface area contributed by atoms with Crippen LogP contribution in [0.15, 0.2) is 34.7 Å². The first-order chi connectivity index (χ1) is 10.4. The molecule has 0 bridgehead atoms. The first-order valence-electron chi connectivity index (χ1n) is 6.28. The van der Waals surface area contributed by atoms with Crippen molar-refractivity contribution in [3.05, 3.63) is 30.3 Å². The first-order valence-corrected chi connectivity index (χ1v) is 8.54. The van der Waals surface area contributed by atoms with E-state index in [0.29, 0.717) is 12.3 Å². The van der Waals surface area contributed by atoms with Gasteiger partial charge in [-0.1, -0.05) is 30.3 Å². The predicted octanol–water partition coefficient (Wildman–Crippen LogP) is 1.68. The number of aromatic nitrogens is 2. The Morgan fingerprint density at radius 1 is 1.27 bits per heavy atom. The van der Waals surface area contributed by atoms with Crippen molar-refractivity contribution < 1.29 is 17.9 Å². The average molecular weight is 343 g/mol. The summed E-state index contributed by atoms with van der Waals surface area (Å²) in [6.45, 7) is 3.90. The van der Waals surface area contributed by atoms with Crippen molar-refractivity contribution in [2.24, 2.45) is 0 Å². The van der Waals surface area contributed by atoms with Gasteiger partial charge in [0.1, 0.15) is 0 Å². The Balaban J connectivity index is 0.000000541. The van der Waals surface area contributed by atoms with Gasteiger partial charge >= 0.3 is 0 Å². The van der Waals surface area contributed by atoms with E-state index in [-0.39, 0.29) is 10.4 Å². The largest absolute Gasteiger partial charge is 0.471 e. The molecule has 0 unspecified atom stereocenters. The second-order valence-electron chi connectivity index (χ2n) is 4.36. The van der Waals surface area contributed by atoms with Crippen LogP contribution in [0.1, 0.15) is 13.8 Å². The highest BCUT2D eigenvalue weighted by Gasteiger charge is 2.21. The smallest absolute Gasteiger partial charge is 0.292 e. The summed E-state index contributed by atoms with van der Waals surface area (Å²) in [5.41, 5.74) is 0.805. The minimum Gasteiger partial charge on any atom is -0.471 e. The molecule has 0 aliphatic heterocycles. The number of sulfonamides is 1. The van der Waals surface area contributed by atoms with Gasteiger partial charge in [0.05, 0.1) is 7.11 Å². The summed E-state index contributed by atoms with van der Waals surface area (Å²) in [4.78, 5) is 13.0. The highest BCUT2D eigenvalue weighted by Crippen LogP contribution is 2.20. The van der Waals surface area contributed by atoms with Crippen LogP contribution in [-0.2, 0) is 19.6 Å². The summed E-state index contributed by atoms with van der Waals surface area (Å²) >= 11 is 0.882. The van der Waals surface area contributed by atoms with E-state index in [1.54, 1.807) is 13.8 Å². The Morgan fingerprint density at radius 3 is 2.36 bits per heavy atom. The molecule has 120 valence electrons. The summed E-state index contributed by atoms with van der Waals surface area (Å²) in [7, 11) is -2.24. The number of rotatable bonds is 5. The lowest BCUT2D eigenvalue weighted by molar-refractivity contribution is -0.126. The number of nitrogens with one attached hydrogen (secondary N) is 1. The lowest BCUT2D eigenvalue weighted by Gasteiger charge is -2.05. The Labute approximate surface area is 133 Å². The van der Waals surface area contributed by atoms with Crippen LogP contribution in [0.4, 0.5) is 0 Å². The highest BCUT2D eigenvalue weighted by atomic mass is 32.2. The minimum absolute atomic E-state index is 0.00458. The van der Waals surface area contributed by atoms with E-state index in [9.17, 15) is 8.42 Å². The molecule has 1 N–H and O–H groups in total. The van der Waals surface area contributed by atoms with Crippen LogP contribution in [-0.4, -0.2) is 37.4 Å². The zero-order chi connectivity index (χ0) is 16.6. The summed E-state index contributed by atoms with van der Waals surface area (Å²) in [6.07, 6.45) is 0. The normalized spacial score (nSPS) is 10.7. The zero-order valence-electron chi connectivity index (χ0n) is 12.4. The molecule has 0 aliphatic carbocycles. The monoisotopic (exact) mass is 343 g/mol. The lowest BCUT2D eigenvalue weighted by atomic mass is 10.2. The van der Waals surface area contributed by atoms with Gasteiger partial charge in [-0.25, -0.2) is 18.1 Å². The highest BCUT2D eigenvalue weighted by molar-refractivity contribution is 7.91. The Morgan fingerprint density at radius 2 is 1.86 bits per heavy atom. The average Bonchev–Trinajstić information content (AvgIpc) is 2.98. The molecule has 2 aromatic rings. The standard InChI is InChI=1S/C11H13N3O2S2.C2H4O2/c1-8(2)14-18(15,16)11-12-10(13-17-11)9-6-4-3-5-7-9;1-4-2-3/h3-8,14H,1-2H3;2H,1H3. The predicted molar refractivity (Wildman–Crippen MR) is 83.9 cm³/mol. The van der Waals surface area contributed by atoms with Crippen molar-refractivity contribution in [2.45, 2.75) is 24.2 Å². The Hall–Kier alpha value is -1.84. The van der Waals surface area contributed by atoms with Crippen molar-refractivity contribution in [2.75, 3.05) is 7.11 Å². The molecule has 2 rings (SSSR count). The van der Waals surface area contributed by atoms with E-state index in [1.807, 2.05) is 30.3 Å². The summed E-state index contributed by atoms with van der Waals surface area (Å²) in [5.74, 6) is 0.435. The van der Waals surface area contributed by atoms with Crippen molar-refractivity contribution >= 4 is 28.0 Å². The van der Waals surface area contributed by atoms with Crippen LogP contribution in [0.3, 0.4) is 0 Å². The molecule has 0 spiro atoms. The number of hydrogen-bond donors (Lipinski definition) is 1. The molecule has 0 amide bonds. The Bertz CT molecular complexity index is 684. The SMILES string of the molecule is CC(C)NS(=O)(=O)c1nc(-c2ccccc2)ns1.COC=O. The lowest BCUT2D eigenvalue weighted by Crippen LogP contribution is -2.30. The molecule has 7 nitrogen and oxygen atoms in total. The third kappa shape index (κ3) is 5.51. The second-order valence-corrected chi connectivity index (χ2v) is 7.00. The van der Waals surface area contributed by atoms with Crippen molar-refractivity contribution in [1.82, 2.24) is 14.1 Å². The van der Waals surface area contributed by atoms with Crippen molar-refractivity contribution in [3.8, 4) is 11.4 Å². The minimum atomic E-state index is -3.55. The van der Waals surface area contributed by atoms with Crippen LogP contribution < -0.4 is 4.72 Å². The molecular weight excluding hydrogens is 326 g/mol. The molecule has 0 radical (unpaired) electrons. The zero-order valence-corrected chi connectivity index (χ0v) is 14.0. The van der Waals surface area contributed by atoms with Gasteiger partial charge in [-0.2, -0.15) is 4.37 Å². The molecule has 22 heavy (non-hydrogen) atoms. The maximum atomic E-state index is 11.9. The van der Waals surface area contributed by atoms with Crippen LogP contribution in [0.2, 0.25) is 0 Å². The number of carbonyl (C=O) groups excluding carboxylic acids is 1. The summed E-state index contributed by atoms with van der Waals surface area (Å²) in [5, 5.41) is 0. The molecule has 1 aromatic heterocycles. The van der Waals surface area contributed by atoms with Crippen LogP contribution in [0.25, 0.3) is 11.4 Å². The van der Waals surface area contributed by atoms with Crippen molar-refractivity contribution in [1.29, 1.82) is 0 Å². The number of methoxy groups -OCH3 is 1. The molecule has 0 fully saturated rings. The fourth-order valence-electron chi connectivity index (χ4n) is 1.38. The number of ether oxygens (including phenoxy) is 1. The number of carbonyl (C=O) groups is 1. The van der Waals surface area contributed by atoms with E-state index >= 15 is 0 Å². The van der Waals surface area contributed by atoms with Gasteiger partial charge in [-0.3, -0.25) is 4.79 Å². The number of benzene rings is 1. The van der Waals surface area contributed by atoms with Crippen LogP contribution in [0, 0.1) is 0 Å². The van der Waals surface area contributed by atoms with Crippen molar-refractivity contribution in [3.63, 3.8) is 0 Å². The second kappa shape index (κ2) is 8.57. The van der Waals surface area contributed by atoms with E-state index in [1.165, 1.54) is 7.11 Å². The molecule has 0 atom stereocenters. The quantitative estimate of drug-likeness (QED) is 0.830. The third-order valence-corrected chi connectivity index (χ3v) is 4.88. The maximum absolute atomic E-state index is 11.9.